The van der Waals surface area contributed by atoms with E-state index in [-0.39, 0.29) is 11.5 Å². The average molecular weight is 248 g/mol. The van der Waals surface area contributed by atoms with Gasteiger partial charge < -0.3 is 10.6 Å². The van der Waals surface area contributed by atoms with E-state index in [1.54, 1.807) is 0 Å². The Morgan fingerprint density at radius 1 is 1.22 bits per heavy atom. The van der Waals surface area contributed by atoms with Crippen LogP contribution in [0.15, 0.2) is 18.2 Å². The van der Waals surface area contributed by atoms with Gasteiger partial charge in [-0.25, -0.2) is 0 Å². The van der Waals surface area contributed by atoms with E-state index in [9.17, 15) is 0 Å². The van der Waals surface area contributed by atoms with Crippen molar-refractivity contribution in [3.8, 4) is 0 Å². The predicted molar refractivity (Wildman–Crippen MR) is 81.2 cm³/mol. The summed E-state index contributed by atoms with van der Waals surface area (Å²) in [7, 11) is 2.15. The van der Waals surface area contributed by atoms with Crippen LogP contribution >= 0.6 is 0 Å². The van der Waals surface area contributed by atoms with E-state index in [2.05, 4.69) is 64.8 Å². The van der Waals surface area contributed by atoms with Crippen molar-refractivity contribution in [2.45, 2.75) is 47.1 Å². The zero-order valence-corrected chi connectivity index (χ0v) is 12.7. The Balaban J connectivity index is 2.63. The molecule has 2 heteroatoms. The fourth-order valence-electron chi connectivity index (χ4n) is 2.12. The molecule has 2 nitrogen and oxygen atoms in total. The number of aryl methyl sites for hydroxylation is 2. The van der Waals surface area contributed by atoms with E-state index in [0.29, 0.717) is 0 Å². The van der Waals surface area contributed by atoms with Crippen molar-refractivity contribution in [3.63, 3.8) is 0 Å². The molecule has 0 saturated heterocycles. The molecule has 1 rings (SSSR count). The first-order chi connectivity index (χ1) is 8.21. The number of anilines is 1. The number of nitrogens with two attached hydrogens (primary N) is 1. The molecule has 0 amide bonds. The van der Waals surface area contributed by atoms with E-state index in [1.165, 1.54) is 16.8 Å². The smallest absolute Gasteiger partial charge is 0.0393 e. The zero-order valence-electron chi connectivity index (χ0n) is 12.7. The van der Waals surface area contributed by atoms with Crippen LogP contribution in [0, 0.1) is 19.3 Å². The molecule has 0 bridgehead atoms. The number of nitrogens with zero attached hydrogens (tertiary/aromatic N) is 1. The highest BCUT2D eigenvalue weighted by Gasteiger charge is 2.20. The molecule has 0 radical (unpaired) electrons. The van der Waals surface area contributed by atoms with Crippen molar-refractivity contribution < 1.29 is 0 Å². The molecule has 1 unspecified atom stereocenters. The SMILES string of the molecule is Cc1ccc(N(C)CCC(N)C(C)(C)C)c(C)c1. The zero-order chi connectivity index (χ0) is 13.9. The summed E-state index contributed by atoms with van der Waals surface area (Å²) in [5.41, 5.74) is 10.4. The van der Waals surface area contributed by atoms with Gasteiger partial charge in [0.2, 0.25) is 0 Å². The molecule has 0 aliphatic heterocycles. The van der Waals surface area contributed by atoms with Gasteiger partial charge in [-0.2, -0.15) is 0 Å². The third-order valence-corrected chi connectivity index (χ3v) is 3.65. The van der Waals surface area contributed by atoms with Crippen molar-refractivity contribution in [3.05, 3.63) is 29.3 Å². The Labute approximate surface area is 112 Å². The first-order valence-electron chi connectivity index (χ1n) is 6.76. The molecule has 1 aromatic carbocycles. The van der Waals surface area contributed by atoms with Crippen LogP contribution in [0.4, 0.5) is 5.69 Å². The third-order valence-electron chi connectivity index (χ3n) is 3.65. The second-order valence-electron chi connectivity index (χ2n) is 6.47. The molecule has 18 heavy (non-hydrogen) atoms. The highest BCUT2D eigenvalue weighted by Crippen LogP contribution is 2.23. The van der Waals surface area contributed by atoms with Gasteiger partial charge in [0, 0.05) is 25.3 Å². The molecule has 1 aromatic rings. The molecule has 0 heterocycles. The summed E-state index contributed by atoms with van der Waals surface area (Å²) in [6.45, 7) is 11.9. The molecule has 102 valence electrons. The molecule has 0 spiro atoms. The van der Waals surface area contributed by atoms with Gasteiger partial charge in [-0.1, -0.05) is 38.5 Å². The topological polar surface area (TPSA) is 29.3 Å². The summed E-state index contributed by atoms with van der Waals surface area (Å²) in [4.78, 5) is 2.31. The van der Waals surface area contributed by atoms with Crippen LogP contribution in [-0.4, -0.2) is 19.6 Å². The van der Waals surface area contributed by atoms with Crippen molar-refractivity contribution >= 4 is 5.69 Å². The molecular formula is C16H28N2. The maximum Gasteiger partial charge on any atom is 0.0393 e. The van der Waals surface area contributed by atoms with Crippen LogP contribution in [0.5, 0.6) is 0 Å². The number of rotatable bonds is 4. The number of benzene rings is 1. The van der Waals surface area contributed by atoms with E-state index in [0.717, 1.165) is 13.0 Å². The Kier molecular flexibility index (Phi) is 4.80. The highest BCUT2D eigenvalue weighted by atomic mass is 15.1. The Bertz CT molecular complexity index is 391. The monoisotopic (exact) mass is 248 g/mol. The lowest BCUT2D eigenvalue weighted by Gasteiger charge is -2.30. The van der Waals surface area contributed by atoms with E-state index in [1.807, 2.05) is 0 Å². The summed E-state index contributed by atoms with van der Waals surface area (Å²) in [6.07, 6.45) is 1.02. The van der Waals surface area contributed by atoms with Crippen molar-refractivity contribution in [1.82, 2.24) is 0 Å². The van der Waals surface area contributed by atoms with Crippen LogP contribution in [-0.2, 0) is 0 Å². The maximum atomic E-state index is 6.21. The quantitative estimate of drug-likeness (QED) is 0.883. The Hall–Kier alpha value is -1.02. The van der Waals surface area contributed by atoms with Gasteiger partial charge in [0.15, 0.2) is 0 Å². The van der Waals surface area contributed by atoms with Crippen LogP contribution in [0.1, 0.15) is 38.3 Å². The Morgan fingerprint density at radius 3 is 2.33 bits per heavy atom. The maximum absolute atomic E-state index is 6.21. The van der Waals surface area contributed by atoms with Gasteiger partial charge >= 0.3 is 0 Å². The van der Waals surface area contributed by atoms with Crippen molar-refractivity contribution in [2.75, 3.05) is 18.5 Å². The minimum atomic E-state index is 0.184. The minimum absolute atomic E-state index is 0.184. The van der Waals surface area contributed by atoms with Gasteiger partial charge in [-0.05, 0) is 37.3 Å². The predicted octanol–water partition coefficient (Wildman–Crippen LogP) is 3.50. The second-order valence-corrected chi connectivity index (χ2v) is 6.47. The molecule has 0 aliphatic rings. The Morgan fingerprint density at radius 2 is 1.83 bits per heavy atom. The second kappa shape index (κ2) is 5.75. The lowest BCUT2D eigenvalue weighted by atomic mass is 9.85. The molecule has 0 saturated carbocycles. The fourth-order valence-corrected chi connectivity index (χ4v) is 2.12. The van der Waals surface area contributed by atoms with Gasteiger partial charge in [0.05, 0.1) is 0 Å². The summed E-state index contributed by atoms with van der Waals surface area (Å²) < 4.78 is 0. The molecule has 2 N–H and O–H groups in total. The van der Waals surface area contributed by atoms with E-state index >= 15 is 0 Å². The molecule has 0 aromatic heterocycles. The van der Waals surface area contributed by atoms with Crippen LogP contribution in [0.25, 0.3) is 0 Å². The molecule has 0 aliphatic carbocycles. The standard InChI is InChI=1S/C16H28N2/c1-12-7-8-14(13(2)11-12)18(6)10-9-15(17)16(3,4)5/h7-8,11,15H,9-10,17H2,1-6H3. The minimum Gasteiger partial charge on any atom is -0.374 e. The largest absolute Gasteiger partial charge is 0.374 e. The summed E-state index contributed by atoms with van der Waals surface area (Å²) in [5, 5.41) is 0. The normalized spacial score (nSPS) is 13.5. The van der Waals surface area contributed by atoms with E-state index in [4.69, 9.17) is 5.73 Å². The van der Waals surface area contributed by atoms with Gasteiger partial charge in [-0.15, -0.1) is 0 Å². The van der Waals surface area contributed by atoms with Crippen LogP contribution in [0.2, 0.25) is 0 Å². The molecular weight excluding hydrogens is 220 g/mol. The first-order valence-corrected chi connectivity index (χ1v) is 6.76. The molecule has 1 atom stereocenters. The highest BCUT2D eigenvalue weighted by molar-refractivity contribution is 5.53. The van der Waals surface area contributed by atoms with Gasteiger partial charge in [0.25, 0.3) is 0 Å². The van der Waals surface area contributed by atoms with E-state index < -0.39 is 0 Å². The lowest BCUT2D eigenvalue weighted by Crippen LogP contribution is -2.38. The lowest BCUT2D eigenvalue weighted by molar-refractivity contribution is 0.308. The number of hydrogen-bond acceptors (Lipinski definition) is 2. The summed E-state index contributed by atoms with van der Waals surface area (Å²) in [6, 6.07) is 6.84. The van der Waals surface area contributed by atoms with Crippen molar-refractivity contribution in [1.29, 1.82) is 0 Å². The summed E-state index contributed by atoms with van der Waals surface area (Å²) >= 11 is 0. The number of hydrogen-bond donors (Lipinski definition) is 1. The van der Waals surface area contributed by atoms with Crippen LogP contribution in [0.3, 0.4) is 0 Å². The fraction of sp³-hybridized carbons (Fsp3) is 0.625. The third kappa shape index (κ3) is 4.02. The first kappa shape index (κ1) is 15.0. The van der Waals surface area contributed by atoms with Gasteiger partial charge in [-0.3, -0.25) is 0 Å². The van der Waals surface area contributed by atoms with Crippen LogP contribution < -0.4 is 10.6 Å². The van der Waals surface area contributed by atoms with Gasteiger partial charge in [0.1, 0.15) is 0 Å². The summed E-state index contributed by atoms with van der Waals surface area (Å²) in [5.74, 6) is 0. The average Bonchev–Trinajstić information content (AvgIpc) is 2.24. The van der Waals surface area contributed by atoms with Crippen molar-refractivity contribution in [2.24, 2.45) is 11.1 Å². The molecule has 0 fully saturated rings.